The Morgan fingerprint density at radius 2 is 2.00 bits per heavy atom. The van der Waals surface area contributed by atoms with Crippen molar-refractivity contribution in [2.45, 2.75) is 31.7 Å². The van der Waals surface area contributed by atoms with E-state index in [0.29, 0.717) is 38.0 Å². The number of amides is 3. The average molecular weight is 393 g/mol. The molecular weight excluding hydrogens is 368 g/mol. The predicted molar refractivity (Wildman–Crippen MR) is 104 cm³/mol. The Morgan fingerprint density at radius 1 is 1.15 bits per heavy atom. The molecule has 0 bridgehead atoms. The van der Waals surface area contributed by atoms with Crippen molar-refractivity contribution in [1.29, 1.82) is 0 Å². The van der Waals surface area contributed by atoms with Crippen LogP contribution in [0.3, 0.4) is 0 Å². The van der Waals surface area contributed by atoms with Crippen molar-refractivity contribution in [2.75, 3.05) is 38.0 Å². The van der Waals surface area contributed by atoms with Gasteiger partial charge in [0, 0.05) is 49.9 Å². The van der Waals surface area contributed by atoms with Crippen molar-refractivity contribution >= 4 is 35.8 Å². The fourth-order valence-electron chi connectivity index (χ4n) is 4.10. The quantitative estimate of drug-likeness (QED) is 0.787. The third kappa shape index (κ3) is 4.09. The number of piperazine rings is 1. The number of aryl methyl sites for hydroxylation is 1. The summed E-state index contributed by atoms with van der Waals surface area (Å²) in [5.41, 5.74) is 2.48. The summed E-state index contributed by atoms with van der Waals surface area (Å²) >= 11 is 0. The first-order chi connectivity index (χ1) is 12.6. The van der Waals surface area contributed by atoms with Crippen molar-refractivity contribution < 1.29 is 14.4 Å². The van der Waals surface area contributed by atoms with Gasteiger partial charge in [-0.05, 0) is 43.0 Å². The van der Waals surface area contributed by atoms with Crippen molar-refractivity contribution in [3.63, 3.8) is 0 Å². The molecule has 3 heterocycles. The van der Waals surface area contributed by atoms with Gasteiger partial charge in [-0.25, -0.2) is 0 Å². The molecule has 2 fully saturated rings. The zero-order valence-corrected chi connectivity index (χ0v) is 16.0. The molecule has 2 N–H and O–H groups in total. The van der Waals surface area contributed by atoms with Crippen LogP contribution in [0.15, 0.2) is 18.2 Å². The van der Waals surface area contributed by atoms with Crippen molar-refractivity contribution in [2.24, 2.45) is 0 Å². The van der Waals surface area contributed by atoms with Gasteiger partial charge in [-0.1, -0.05) is 0 Å². The van der Waals surface area contributed by atoms with E-state index < -0.39 is 0 Å². The van der Waals surface area contributed by atoms with E-state index in [4.69, 9.17) is 0 Å². The van der Waals surface area contributed by atoms with Crippen molar-refractivity contribution in [1.82, 2.24) is 15.1 Å². The standard InChI is InChI=1S/C19H24N4O3.ClH/c24-17-6-4-13-10-14(3-5-16(13)21-17)19(26)22-8-1-2-15(12-22)23-9-7-20-11-18(23)25;/h3,5,10,15,20H,1-2,4,6-9,11-12H2,(H,21,24);1H. The Bertz CT molecular complexity index is 754. The lowest BCUT2D eigenvalue weighted by Crippen LogP contribution is -2.57. The van der Waals surface area contributed by atoms with E-state index in [1.165, 1.54) is 0 Å². The van der Waals surface area contributed by atoms with Crippen LogP contribution in [-0.4, -0.2) is 66.3 Å². The summed E-state index contributed by atoms with van der Waals surface area (Å²) in [4.78, 5) is 40.4. The molecule has 0 aliphatic carbocycles. The minimum atomic E-state index is 0. The fourth-order valence-corrected chi connectivity index (χ4v) is 4.10. The highest BCUT2D eigenvalue weighted by Gasteiger charge is 2.32. The molecule has 8 heteroatoms. The van der Waals surface area contributed by atoms with Crippen LogP contribution in [0.4, 0.5) is 5.69 Å². The normalized spacial score (nSPS) is 22.6. The molecule has 7 nitrogen and oxygen atoms in total. The molecule has 3 amide bonds. The van der Waals surface area contributed by atoms with Crippen LogP contribution < -0.4 is 10.6 Å². The summed E-state index contributed by atoms with van der Waals surface area (Å²) in [6.07, 6.45) is 2.99. The number of hydrogen-bond acceptors (Lipinski definition) is 4. The van der Waals surface area contributed by atoms with Gasteiger partial charge in [-0.15, -0.1) is 12.4 Å². The molecule has 4 rings (SSSR count). The van der Waals surface area contributed by atoms with Crippen molar-refractivity contribution in [3.05, 3.63) is 29.3 Å². The van der Waals surface area contributed by atoms with Crippen LogP contribution in [0.2, 0.25) is 0 Å². The summed E-state index contributed by atoms with van der Waals surface area (Å²) in [6.45, 7) is 3.24. The number of piperidine rings is 1. The number of nitrogens with zero attached hydrogens (tertiary/aromatic N) is 2. The second-order valence-corrected chi connectivity index (χ2v) is 7.23. The van der Waals surface area contributed by atoms with Gasteiger partial charge in [0.15, 0.2) is 0 Å². The number of rotatable bonds is 2. The van der Waals surface area contributed by atoms with E-state index in [-0.39, 0.29) is 36.2 Å². The van der Waals surface area contributed by atoms with E-state index in [1.807, 2.05) is 21.9 Å². The van der Waals surface area contributed by atoms with E-state index >= 15 is 0 Å². The van der Waals surface area contributed by atoms with Gasteiger partial charge in [-0.2, -0.15) is 0 Å². The number of anilines is 1. The Labute approximate surface area is 164 Å². The number of benzene rings is 1. The van der Waals surface area contributed by atoms with Crippen LogP contribution >= 0.6 is 12.4 Å². The summed E-state index contributed by atoms with van der Waals surface area (Å²) in [5.74, 6) is 0.160. The molecule has 146 valence electrons. The molecule has 27 heavy (non-hydrogen) atoms. The monoisotopic (exact) mass is 392 g/mol. The number of fused-ring (bicyclic) bond motifs is 1. The Balaban J connectivity index is 0.00000210. The lowest BCUT2D eigenvalue weighted by Gasteiger charge is -2.41. The SMILES string of the molecule is Cl.O=C1CCc2cc(C(=O)N3CCCC(N4CCNCC4=O)C3)ccc2N1. The highest BCUT2D eigenvalue weighted by Crippen LogP contribution is 2.25. The number of carbonyl (C=O) groups is 3. The molecule has 1 aromatic carbocycles. The molecule has 0 saturated carbocycles. The lowest BCUT2D eigenvalue weighted by atomic mass is 9.98. The maximum absolute atomic E-state index is 13.0. The van der Waals surface area contributed by atoms with E-state index in [1.54, 1.807) is 6.07 Å². The molecule has 0 radical (unpaired) electrons. The Morgan fingerprint density at radius 3 is 2.81 bits per heavy atom. The largest absolute Gasteiger partial charge is 0.337 e. The molecule has 0 spiro atoms. The number of halogens is 1. The smallest absolute Gasteiger partial charge is 0.253 e. The lowest BCUT2D eigenvalue weighted by molar-refractivity contribution is -0.135. The predicted octanol–water partition coefficient (Wildman–Crippen LogP) is 1.03. The number of hydrogen-bond donors (Lipinski definition) is 2. The summed E-state index contributed by atoms with van der Waals surface area (Å²) in [7, 11) is 0. The number of likely N-dealkylation sites (tertiary alicyclic amines) is 1. The topological polar surface area (TPSA) is 81.8 Å². The van der Waals surface area contributed by atoms with Gasteiger partial charge < -0.3 is 20.4 Å². The summed E-state index contributed by atoms with van der Waals surface area (Å²) in [5, 5.41) is 5.94. The van der Waals surface area contributed by atoms with E-state index in [0.717, 1.165) is 37.2 Å². The minimum absolute atomic E-state index is 0. The van der Waals surface area contributed by atoms with Crippen molar-refractivity contribution in [3.8, 4) is 0 Å². The van der Waals surface area contributed by atoms with Gasteiger partial charge in [0.2, 0.25) is 11.8 Å². The first-order valence-electron chi connectivity index (χ1n) is 9.34. The first kappa shape index (κ1) is 19.6. The van der Waals surface area contributed by atoms with Crippen LogP contribution in [0, 0.1) is 0 Å². The second kappa shape index (κ2) is 8.27. The summed E-state index contributed by atoms with van der Waals surface area (Å²) in [6, 6.07) is 5.61. The van der Waals surface area contributed by atoms with Crippen LogP contribution in [0.5, 0.6) is 0 Å². The fraction of sp³-hybridized carbons (Fsp3) is 0.526. The van der Waals surface area contributed by atoms with Crippen LogP contribution in [0.25, 0.3) is 0 Å². The van der Waals surface area contributed by atoms with Gasteiger partial charge in [0.05, 0.1) is 6.54 Å². The first-order valence-corrected chi connectivity index (χ1v) is 9.34. The number of carbonyl (C=O) groups excluding carboxylic acids is 3. The molecule has 2 saturated heterocycles. The highest BCUT2D eigenvalue weighted by atomic mass is 35.5. The molecule has 1 atom stereocenters. The third-order valence-electron chi connectivity index (χ3n) is 5.50. The maximum atomic E-state index is 13.0. The summed E-state index contributed by atoms with van der Waals surface area (Å²) < 4.78 is 0. The Hall–Kier alpha value is -2.12. The molecule has 3 aliphatic heterocycles. The zero-order valence-electron chi connectivity index (χ0n) is 15.2. The minimum Gasteiger partial charge on any atom is -0.337 e. The van der Waals surface area contributed by atoms with Gasteiger partial charge in [0.1, 0.15) is 0 Å². The van der Waals surface area contributed by atoms with Gasteiger partial charge in [0.25, 0.3) is 5.91 Å². The molecule has 0 aromatic heterocycles. The molecule has 1 unspecified atom stereocenters. The zero-order chi connectivity index (χ0) is 18.1. The highest BCUT2D eigenvalue weighted by molar-refractivity contribution is 5.98. The van der Waals surface area contributed by atoms with E-state index in [9.17, 15) is 14.4 Å². The molecular formula is C19H25ClN4O3. The van der Waals surface area contributed by atoms with Gasteiger partial charge in [-0.3, -0.25) is 14.4 Å². The van der Waals surface area contributed by atoms with Crippen LogP contribution in [-0.2, 0) is 16.0 Å². The second-order valence-electron chi connectivity index (χ2n) is 7.23. The van der Waals surface area contributed by atoms with E-state index in [2.05, 4.69) is 10.6 Å². The Kier molecular flexibility index (Phi) is 6.01. The maximum Gasteiger partial charge on any atom is 0.253 e. The average Bonchev–Trinajstić information content (AvgIpc) is 2.67. The van der Waals surface area contributed by atoms with Gasteiger partial charge >= 0.3 is 0 Å². The number of nitrogens with one attached hydrogen (secondary N) is 2. The molecule has 3 aliphatic rings. The third-order valence-corrected chi connectivity index (χ3v) is 5.50. The van der Waals surface area contributed by atoms with Crippen LogP contribution in [0.1, 0.15) is 35.2 Å². The molecule has 1 aromatic rings.